The molecule has 8 nitrogen and oxygen atoms in total. The lowest BCUT2D eigenvalue weighted by atomic mass is 10.0. The van der Waals surface area contributed by atoms with E-state index in [9.17, 15) is 14.9 Å². The van der Waals surface area contributed by atoms with Gasteiger partial charge in [0, 0.05) is 65.8 Å². The van der Waals surface area contributed by atoms with Crippen molar-refractivity contribution >= 4 is 44.1 Å². The summed E-state index contributed by atoms with van der Waals surface area (Å²) in [4.78, 5) is 31.9. The van der Waals surface area contributed by atoms with Crippen molar-refractivity contribution in [3.8, 4) is 0 Å². The molecular formula is C22H21BrN4O4. The average molecular weight is 485 g/mol. The molecule has 1 amide bonds. The molecule has 0 spiro atoms. The zero-order valence-corrected chi connectivity index (χ0v) is 18.4. The molecule has 2 aliphatic heterocycles. The van der Waals surface area contributed by atoms with Crippen LogP contribution in [0.5, 0.6) is 0 Å². The first-order valence-corrected chi connectivity index (χ1v) is 11.0. The number of benzene rings is 2. The van der Waals surface area contributed by atoms with Crippen LogP contribution < -0.4 is 4.90 Å². The van der Waals surface area contributed by atoms with E-state index in [-0.39, 0.29) is 11.6 Å². The van der Waals surface area contributed by atoms with Gasteiger partial charge in [0.25, 0.3) is 11.6 Å². The predicted molar refractivity (Wildman–Crippen MR) is 121 cm³/mol. The summed E-state index contributed by atoms with van der Waals surface area (Å²) in [5, 5.41) is 12.5. The van der Waals surface area contributed by atoms with Gasteiger partial charge in [0.1, 0.15) is 0 Å². The number of carbonyl (C=O) groups excluding carboxylic acids is 1. The second-order valence-electron chi connectivity index (χ2n) is 7.78. The van der Waals surface area contributed by atoms with E-state index in [0.717, 1.165) is 32.3 Å². The Labute approximate surface area is 187 Å². The summed E-state index contributed by atoms with van der Waals surface area (Å²) >= 11 is 3.59. The van der Waals surface area contributed by atoms with E-state index >= 15 is 0 Å². The van der Waals surface area contributed by atoms with Crippen LogP contribution in [-0.2, 0) is 17.7 Å². The number of ether oxygens (including phenoxy) is 1. The molecule has 2 aliphatic rings. The van der Waals surface area contributed by atoms with Gasteiger partial charge in [0.2, 0.25) is 0 Å². The van der Waals surface area contributed by atoms with Crippen LogP contribution in [0.3, 0.4) is 0 Å². The van der Waals surface area contributed by atoms with Crippen molar-refractivity contribution in [2.75, 3.05) is 37.7 Å². The Morgan fingerprint density at radius 2 is 1.97 bits per heavy atom. The monoisotopic (exact) mass is 484 g/mol. The lowest BCUT2D eigenvalue weighted by Gasteiger charge is -2.32. The maximum atomic E-state index is 13.6. The lowest BCUT2D eigenvalue weighted by Crippen LogP contribution is -2.40. The van der Waals surface area contributed by atoms with E-state index in [1.54, 1.807) is 11.0 Å². The molecule has 2 aromatic carbocycles. The number of hydrogen-bond acceptors (Lipinski definition) is 5. The van der Waals surface area contributed by atoms with E-state index in [2.05, 4.69) is 31.9 Å². The van der Waals surface area contributed by atoms with Crippen LogP contribution in [-0.4, -0.2) is 53.6 Å². The van der Waals surface area contributed by atoms with E-state index in [1.165, 1.54) is 12.1 Å². The van der Waals surface area contributed by atoms with Gasteiger partial charge in [0.05, 0.1) is 34.9 Å². The number of carbonyl (C=O) groups is 1. The van der Waals surface area contributed by atoms with Crippen LogP contribution in [0.4, 0.5) is 11.4 Å². The molecule has 5 rings (SSSR count). The Hall–Kier alpha value is -2.91. The fraction of sp³-hybridized carbons (Fsp3) is 0.318. The van der Waals surface area contributed by atoms with Gasteiger partial charge in [0.15, 0.2) is 0 Å². The molecule has 1 saturated heterocycles. The smallest absolute Gasteiger partial charge is 0.270 e. The predicted octanol–water partition coefficient (Wildman–Crippen LogP) is 3.87. The van der Waals surface area contributed by atoms with Gasteiger partial charge in [-0.25, -0.2) is 0 Å². The number of nitrogens with one attached hydrogen (secondary N) is 1. The number of nitro groups is 1. The van der Waals surface area contributed by atoms with Crippen molar-refractivity contribution in [1.82, 2.24) is 9.88 Å². The molecule has 0 saturated carbocycles. The molecule has 3 aromatic rings. The third kappa shape index (κ3) is 3.57. The van der Waals surface area contributed by atoms with Crippen LogP contribution in [0, 0.1) is 10.1 Å². The second-order valence-corrected chi connectivity index (χ2v) is 8.63. The highest BCUT2D eigenvalue weighted by atomic mass is 79.9. The molecule has 3 heterocycles. The number of aromatic amines is 1. The number of aromatic nitrogens is 1. The average Bonchev–Trinajstić information content (AvgIpc) is 3.18. The minimum absolute atomic E-state index is 0.0749. The molecule has 160 valence electrons. The van der Waals surface area contributed by atoms with Crippen molar-refractivity contribution in [2.45, 2.75) is 13.0 Å². The van der Waals surface area contributed by atoms with Crippen molar-refractivity contribution in [3.05, 3.63) is 67.8 Å². The summed E-state index contributed by atoms with van der Waals surface area (Å²) in [5.74, 6) is -0.180. The van der Waals surface area contributed by atoms with Gasteiger partial charge in [-0.1, -0.05) is 12.1 Å². The maximum Gasteiger partial charge on any atom is 0.270 e. The molecule has 1 N–H and O–H groups in total. The van der Waals surface area contributed by atoms with Crippen LogP contribution in [0.1, 0.15) is 21.6 Å². The van der Waals surface area contributed by atoms with Gasteiger partial charge < -0.3 is 19.5 Å². The minimum atomic E-state index is -0.453. The summed E-state index contributed by atoms with van der Waals surface area (Å²) < 4.78 is 6.42. The fourth-order valence-corrected chi connectivity index (χ4v) is 4.90. The number of morpholine rings is 1. The molecule has 1 fully saturated rings. The van der Waals surface area contributed by atoms with Crippen LogP contribution in [0.25, 0.3) is 10.9 Å². The van der Waals surface area contributed by atoms with E-state index in [4.69, 9.17) is 4.74 Å². The van der Waals surface area contributed by atoms with Crippen LogP contribution in [0.15, 0.2) is 40.9 Å². The SMILES string of the molecule is O=C(c1cc([N+](=O)[O-])ccc1N1CCOCC1)N1CCc2[nH]c3c(Br)cccc3c2C1. The maximum absolute atomic E-state index is 13.6. The highest BCUT2D eigenvalue weighted by Crippen LogP contribution is 2.34. The molecule has 0 bridgehead atoms. The van der Waals surface area contributed by atoms with Crippen molar-refractivity contribution in [3.63, 3.8) is 0 Å². The normalized spacial score (nSPS) is 16.4. The van der Waals surface area contributed by atoms with Gasteiger partial charge >= 0.3 is 0 Å². The number of rotatable bonds is 3. The van der Waals surface area contributed by atoms with Gasteiger partial charge in [-0.3, -0.25) is 14.9 Å². The fourth-order valence-electron chi connectivity index (χ4n) is 4.43. The highest BCUT2D eigenvalue weighted by Gasteiger charge is 2.29. The van der Waals surface area contributed by atoms with Gasteiger partial charge in [-0.15, -0.1) is 0 Å². The zero-order valence-electron chi connectivity index (χ0n) is 16.8. The first-order valence-electron chi connectivity index (χ1n) is 10.2. The van der Waals surface area contributed by atoms with Gasteiger partial charge in [-0.05, 0) is 28.1 Å². The van der Waals surface area contributed by atoms with Crippen molar-refractivity contribution in [1.29, 1.82) is 0 Å². The molecule has 0 unspecified atom stereocenters. The molecule has 0 aliphatic carbocycles. The number of H-pyrrole nitrogens is 1. The Balaban J connectivity index is 1.51. The number of anilines is 1. The Morgan fingerprint density at radius 1 is 1.16 bits per heavy atom. The number of amides is 1. The number of nitrogens with zero attached hydrogens (tertiary/aromatic N) is 3. The minimum Gasteiger partial charge on any atom is -0.378 e. The summed E-state index contributed by atoms with van der Waals surface area (Å²) in [6.07, 6.45) is 0.712. The summed E-state index contributed by atoms with van der Waals surface area (Å²) in [5.41, 5.74) is 4.31. The molecule has 0 radical (unpaired) electrons. The zero-order chi connectivity index (χ0) is 21.5. The van der Waals surface area contributed by atoms with E-state index < -0.39 is 4.92 Å². The summed E-state index contributed by atoms with van der Waals surface area (Å²) in [6.45, 7) is 3.47. The standard InChI is InChI=1S/C22H21BrN4O4/c23-18-3-1-2-15-17-13-26(7-6-19(17)24-21(15)18)22(28)16-12-14(27(29)30)4-5-20(16)25-8-10-31-11-9-25/h1-5,12,24H,6-11,13H2. The Morgan fingerprint density at radius 3 is 2.74 bits per heavy atom. The molecule has 31 heavy (non-hydrogen) atoms. The van der Waals surface area contributed by atoms with Crippen molar-refractivity contribution < 1.29 is 14.5 Å². The topological polar surface area (TPSA) is 91.7 Å². The van der Waals surface area contributed by atoms with Crippen LogP contribution >= 0.6 is 15.9 Å². The summed E-state index contributed by atoms with van der Waals surface area (Å²) in [6, 6.07) is 10.6. The quantitative estimate of drug-likeness (QED) is 0.449. The van der Waals surface area contributed by atoms with E-state index in [1.807, 2.05) is 12.1 Å². The number of nitro benzene ring substituents is 1. The largest absolute Gasteiger partial charge is 0.378 e. The molecular weight excluding hydrogens is 464 g/mol. The van der Waals surface area contributed by atoms with E-state index in [0.29, 0.717) is 51.4 Å². The molecule has 1 aromatic heterocycles. The Bertz CT molecular complexity index is 1190. The van der Waals surface area contributed by atoms with Crippen molar-refractivity contribution in [2.24, 2.45) is 0 Å². The lowest BCUT2D eigenvalue weighted by molar-refractivity contribution is -0.384. The summed E-state index contributed by atoms with van der Waals surface area (Å²) in [7, 11) is 0. The molecule has 9 heteroatoms. The third-order valence-corrected chi connectivity index (χ3v) is 6.68. The first-order chi connectivity index (χ1) is 15.0. The van der Waals surface area contributed by atoms with Gasteiger partial charge in [-0.2, -0.15) is 0 Å². The second kappa shape index (κ2) is 7.97. The molecule has 0 atom stereocenters. The third-order valence-electron chi connectivity index (χ3n) is 6.02. The number of halogens is 1. The van der Waals surface area contributed by atoms with Crippen LogP contribution in [0.2, 0.25) is 0 Å². The number of non-ortho nitro benzene ring substituents is 1. The number of para-hydroxylation sites is 1. The number of fused-ring (bicyclic) bond motifs is 3. The highest BCUT2D eigenvalue weighted by molar-refractivity contribution is 9.10. The first kappa shape index (κ1) is 20.0. The number of hydrogen-bond donors (Lipinski definition) is 1. The Kier molecular flexibility index (Phi) is 5.15.